The highest BCUT2D eigenvalue weighted by atomic mass is 16.6. The Morgan fingerprint density at radius 1 is 1.53 bits per heavy atom. The van der Waals surface area contributed by atoms with Crippen LogP contribution in [0.5, 0.6) is 0 Å². The van der Waals surface area contributed by atoms with Gasteiger partial charge in [-0.05, 0) is 18.1 Å². The van der Waals surface area contributed by atoms with Crippen molar-refractivity contribution in [1.82, 2.24) is 0 Å². The molecule has 1 unspecified atom stereocenters. The fraction of sp³-hybridized carbons (Fsp3) is 0.462. The van der Waals surface area contributed by atoms with Crippen molar-refractivity contribution in [1.29, 1.82) is 5.26 Å². The number of nitro groups is 1. The first-order valence-electron chi connectivity index (χ1n) is 5.93. The van der Waals surface area contributed by atoms with Crippen molar-refractivity contribution in [2.45, 2.75) is 19.9 Å². The molecule has 1 atom stereocenters. The van der Waals surface area contributed by atoms with Gasteiger partial charge in [-0.25, -0.2) is 0 Å². The lowest BCUT2D eigenvalue weighted by Gasteiger charge is -2.22. The molecule has 0 saturated carbocycles. The molecule has 0 aliphatic rings. The van der Waals surface area contributed by atoms with Crippen LogP contribution >= 0.6 is 0 Å². The van der Waals surface area contributed by atoms with Gasteiger partial charge in [-0.2, -0.15) is 5.26 Å². The zero-order chi connectivity index (χ0) is 14.4. The molecule has 0 aliphatic heterocycles. The van der Waals surface area contributed by atoms with E-state index in [1.54, 1.807) is 13.2 Å². The van der Waals surface area contributed by atoms with Crippen LogP contribution in [0.3, 0.4) is 0 Å². The van der Waals surface area contributed by atoms with Crippen LogP contribution in [0.1, 0.15) is 19.4 Å². The topological polar surface area (TPSA) is 88.2 Å². The van der Waals surface area contributed by atoms with Crippen molar-refractivity contribution < 1.29 is 9.66 Å². The smallest absolute Gasteiger partial charge is 0.287 e. The molecule has 1 aromatic carbocycles. The third-order valence-electron chi connectivity index (χ3n) is 2.82. The van der Waals surface area contributed by atoms with Crippen LogP contribution in [0.2, 0.25) is 0 Å². The Morgan fingerprint density at radius 3 is 2.68 bits per heavy atom. The highest BCUT2D eigenvalue weighted by molar-refractivity contribution is 5.59. The Labute approximate surface area is 112 Å². The number of hydrogen-bond acceptors (Lipinski definition) is 5. The summed E-state index contributed by atoms with van der Waals surface area (Å²) in [7, 11) is 1.62. The minimum atomic E-state index is -0.558. The van der Waals surface area contributed by atoms with Crippen LogP contribution in [-0.4, -0.2) is 24.7 Å². The lowest BCUT2D eigenvalue weighted by atomic mass is 10.0. The van der Waals surface area contributed by atoms with E-state index in [1.807, 2.05) is 19.9 Å². The van der Waals surface area contributed by atoms with Gasteiger partial charge in [-0.15, -0.1) is 0 Å². The first-order chi connectivity index (χ1) is 8.99. The molecule has 0 spiro atoms. The van der Waals surface area contributed by atoms with Gasteiger partial charge in [0.15, 0.2) is 0 Å². The number of rotatable bonds is 6. The molecule has 1 N–H and O–H groups in total. The minimum Gasteiger partial charge on any atom is -0.383 e. The third kappa shape index (κ3) is 3.93. The first kappa shape index (κ1) is 14.9. The van der Waals surface area contributed by atoms with Crippen molar-refractivity contribution in [2.75, 3.05) is 19.0 Å². The van der Waals surface area contributed by atoms with Crippen molar-refractivity contribution in [3.63, 3.8) is 0 Å². The maximum absolute atomic E-state index is 10.7. The molecular formula is C13H17N3O3. The van der Waals surface area contributed by atoms with Crippen LogP contribution in [-0.2, 0) is 4.74 Å². The van der Waals surface area contributed by atoms with E-state index in [9.17, 15) is 10.1 Å². The SMILES string of the molecule is COCC(Nc1ccc([N+](=O)[O-])c(C#N)c1)C(C)C. The predicted molar refractivity (Wildman–Crippen MR) is 71.9 cm³/mol. The van der Waals surface area contributed by atoms with E-state index >= 15 is 0 Å². The molecule has 0 amide bonds. The average molecular weight is 263 g/mol. The van der Waals surface area contributed by atoms with Crippen molar-refractivity contribution in [2.24, 2.45) is 5.92 Å². The maximum atomic E-state index is 10.7. The molecule has 0 bridgehead atoms. The molecule has 0 aromatic heterocycles. The fourth-order valence-electron chi connectivity index (χ4n) is 1.67. The quantitative estimate of drug-likeness (QED) is 0.629. The second-order valence-corrected chi connectivity index (χ2v) is 4.55. The molecule has 19 heavy (non-hydrogen) atoms. The third-order valence-corrected chi connectivity index (χ3v) is 2.82. The van der Waals surface area contributed by atoms with Crippen LogP contribution in [0, 0.1) is 27.4 Å². The summed E-state index contributed by atoms with van der Waals surface area (Å²) in [5, 5.41) is 22.9. The normalized spacial score (nSPS) is 11.9. The number of nitrogens with zero attached hydrogens (tertiary/aromatic N) is 2. The standard InChI is InChI=1S/C13H17N3O3/c1-9(2)12(8-19-3)15-11-4-5-13(16(17)18)10(6-11)7-14/h4-6,9,12,15H,8H2,1-3H3. The first-order valence-corrected chi connectivity index (χ1v) is 5.93. The number of benzene rings is 1. The Morgan fingerprint density at radius 2 is 2.21 bits per heavy atom. The fourth-order valence-corrected chi connectivity index (χ4v) is 1.67. The number of nitrogens with one attached hydrogen (secondary N) is 1. The molecule has 102 valence electrons. The molecule has 6 heteroatoms. The van der Waals surface area contributed by atoms with Crippen molar-refractivity contribution in [3.8, 4) is 6.07 Å². The van der Waals surface area contributed by atoms with Gasteiger partial charge in [-0.3, -0.25) is 10.1 Å². The molecule has 1 rings (SSSR count). The lowest BCUT2D eigenvalue weighted by molar-refractivity contribution is -0.385. The number of hydrogen-bond donors (Lipinski definition) is 1. The summed E-state index contributed by atoms with van der Waals surface area (Å²) in [5.41, 5.74) is 0.550. The summed E-state index contributed by atoms with van der Waals surface area (Å²) in [4.78, 5) is 10.2. The minimum absolute atomic E-state index is 0.0509. The summed E-state index contributed by atoms with van der Waals surface area (Å²) in [5.74, 6) is 0.334. The van der Waals surface area contributed by atoms with Crippen molar-refractivity contribution in [3.05, 3.63) is 33.9 Å². The van der Waals surface area contributed by atoms with Crippen LogP contribution < -0.4 is 5.32 Å². The number of anilines is 1. The van der Waals surface area contributed by atoms with Gasteiger partial charge in [0.25, 0.3) is 5.69 Å². The van der Waals surface area contributed by atoms with E-state index in [0.29, 0.717) is 18.2 Å². The molecule has 0 fully saturated rings. The largest absolute Gasteiger partial charge is 0.383 e. The zero-order valence-electron chi connectivity index (χ0n) is 11.2. The molecule has 0 aliphatic carbocycles. The Hall–Kier alpha value is -2.13. The van der Waals surface area contributed by atoms with Gasteiger partial charge in [-0.1, -0.05) is 13.8 Å². The van der Waals surface area contributed by atoms with E-state index in [4.69, 9.17) is 10.00 Å². The number of nitro benzene ring substituents is 1. The zero-order valence-corrected chi connectivity index (χ0v) is 11.2. The number of nitriles is 1. The molecular weight excluding hydrogens is 246 g/mol. The van der Waals surface area contributed by atoms with Crippen LogP contribution in [0.25, 0.3) is 0 Å². The number of methoxy groups -OCH3 is 1. The van der Waals surface area contributed by atoms with Gasteiger partial charge in [0.05, 0.1) is 17.6 Å². The van der Waals surface area contributed by atoms with E-state index in [-0.39, 0.29) is 17.3 Å². The van der Waals surface area contributed by atoms with Crippen LogP contribution in [0.4, 0.5) is 11.4 Å². The Balaban J connectivity index is 2.97. The van der Waals surface area contributed by atoms with Gasteiger partial charge in [0.1, 0.15) is 11.6 Å². The van der Waals surface area contributed by atoms with Gasteiger partial charge in [0, 0.05) is 18.9 Å². The van der Waals surface area contributed by atoms with E-state index in [0.717, 1.165) is 0 Å². The maximum Gasteiger partial charge on any atom is 0.287 e. The number of ether oxygens (including phenoxy) is 1. The molecule has 0 heterocycles. The molecule has 1 aromatic rings. The van der Waals surface area contributed by atoms with Gasteiger partial charge >= 0.3 is 0 Å². The Kier molecular flexibility index (Phi) is 5.27. The van der Waals surface area contributed by atoms with Gasteiger partial charge in [0.2, 0.25) is 0 Å². The van der Waals surface area contributed by atoms with E-state index in [1.165, 1.54) is 12.1 Å². The second-order valence-electron chi connectivity index (χ2n) is 4.55. The highest BCUT2D eigenvalue weighted by Gasteiger charge is 2.17. The molecule has 6 nitrogen and oxygen atoms in total. The lowest BCUT2D eigenvalue weighted by Crippen LogP contribution is -2.30. The van der Waals surface area contributed by atoms with E-state index in [2.05, 4.69) is 5.32 Å². The summed E-state index contributed by atoms with van der Waals surface area (Å²) < 4.78 is 5.12. The monoisotopic (exact) mass is 263 g/mol. The molecule has 0 radical (unpaired) electrons. The van der Waals surface area contributed by atoms with Gasteiger partial charge < -0.3 is 10.1 Å². The molecule has 0 saturated heterocycles. The predicted octanol–water partition coefficient (Wildman–Crippen LogP) is 2.55. The summed E-state index contributed by atoms with van der Waals surface area (Å²) in [6.07, 6.45) is 0. The highest BCUT2D eigenvalue weighted by Crippen LogP contribution is 2.23. The van der Waals surface area contributed by atoms with E-state index < -0.39 is 4.92 Å². The summed E-state index contributed by atoms with van der Waals surface area (Å²) >= 11 is 0. The van der Waals surface area contributed by atoms with Crippen molar-refractivity contribution >= 4 is 11.4 Å². The second kappa shape index (κ2) is 6.71. The summed E-state index contributed by atoms with van der Waals surface area (Å²) in [6, 6.07) is 6.35. The Bertz CT molecular complexity index is 494. The summed E-state index contributed by atoms with van der Waals surface area (Å²) in [6.45, 7) is 4.62. The average Bonchev–Trinajstić information content (AvgIpc) is 2.37. The van der Waals surface area contributed by atoms with Crippen LogP contribution in [0.15, 0.2) is 18.2 Å².